The van der Waals surface area contributed by atoms with Crippen molar-refractivity contribution < 1.29 is 28.6 Å². The van der Waals surface area contributed by atoms with Crippen LogP contribution in [0.2, 0.25) is 0 Å². The number of methoxy groups -OCH3 is 1. The van der Waals surface area contributed by atoms with Crippen molar-refractivity contribution in [2.45, 2.75) is 51.8 Å². The number of hydrogen-bond donors (Lipinski definition) is 0. The molecule has 1 rings (SSSR count). The Morgan fingerprint density at radius 2 is 1.86 bits per heavy atom. The van der Waals surface area contributed by atoms with Crippen molar-refractivity contribution in [2.24, 2.45) is 0 Å². The molecule has 1 amide bonds. The van der Waals surface area contributed by atoms with Gasteiger partial charge in [-0.05, 0) is 27.7 Å². The van der Waals surface area contributed by atoms with Crippen LogP contribution in [0.5, 0.6) is 0 Å². The van der Waals surface area contributed by atoms with Gasteiger partial charge in [-0.3, -0.25) is 9.69 Å². The summed E-state index contributed by atoms with van der Waals surface area (Å²) in [6.45, 7) is 7.66. The Hall–Kier alpha value is -1.63. The maximum absolute atomic E-state index is 12.3. The van der Waals surface area contributed by atoms with Gasteiger partial charge in [0.05, 0.1) is 32.4 Å². The predicted octanol–water partition coefficient (Wildman–Crippen LogP) is 1.14. The first-order valence-electron chi connectivity index (χ1n) is 6.86. The summed E-state index contributed by atoms with van der Waals surface area (Å²) in [5, 5.41) is 0. The van der Waals surface area contributed by atoms with Crippen LogP contribution in [0.3, 0.4) is 0 Å². The summed E-state index contributed by atoms with van der Waals surface area (Å²) in [7, 11) is 1.14. The molecule has 0 aliphatic carbocycles. The van der Waals surface area contributed by atoms with E-state index in [-0.39, 0.29) is 19.1 Å². The number of carbonyl (C=O) groups is 3. The second-order valence-corrected chi connectivity index (χ2v) is 6.05. The zero-order valence-electron chi connectivity index (χ0n) is 13.2. The van der Waals surface area contributed by atoms with Gasteiger partial charge in [-0.15, -0.1) is 0 Å². The van der Waals surface area contributed by atoms with Crippen LogP contribution < -0.4 is 0 Å². The highest BCUT2D eigenvalue weighted by molar-refractivity contribution is 6.33. The minimum atomic E-state index is -0.919. The molecule has 0 radical (unpaired) electrons. The molecule has 1 aliphatic heterocycles. The van der Waals surface area contributed by atoms with Crippen molar-refractivity contribution in [2.75, 3.05) is 20.3 Å². The van der Waals surface area contributed by atoms with Crippen LogP contribution in [0.1, 0.15) is 34.1 Å². The third-order valence-corrected chi connectivity index (χ3v) is 2.98. The van der Waals surface area contributed by atoms with E-state index >= 15 is 0 Å². The van der Waals surface area contributed by atoms with Crippen molar-refractivity contribution in [1.82, 2.24) is 4.90 Å². The van der Waals surface area contributed by atoms with E-state index in [0.717, 1.165) is 7.11 Å². The topological polar surface area (TPSA) is 82.1 Å². The Labute approximate surface area is 124 Å². The highest BCUT2D eigenvalue weighted by Crippen LogP contribution is 2.20. The molecule has 1 fully saturated rings. The summed E-state index contributed by atoms with van der Waals surface area (Å²) in [5.74, 6) is -1.61. The van der Waals surface area contributed by atoms with Gasteiger partial charge in [0.1, 0.15) is 5.60 Å². The Morgan fingerprint density at radius 1 is 1.24 bits per heavy atom. The molecule has 0 bridgehead atoms. The summed E-state index contributed by atoms with van der Waals surface area (Å²) in [6, 6.07) is -0.765. The molecule has 0 saturated carbocycles. The molecule has 2 unspecified atom stereocenters. The molecule has 1 saturated heterocycles. The number of hydrogen-bond acceptors (Lipinski definition) is 6. The van der Waals surface area contributed by atoms with Crippen LogP contribution in [0.4, 0.5) is 4.79 Å². The van der Waals surface area contributed by atoms with E-state index in [2.05, 4.69) is 4.74 Å². The fraction of sp³-hybridized carbons (Fsp3) is 0.786. The largest absolute Gasteiger partial charge is 0.463 e. The normalized spacial score (nSPS) is 22.6. The molecule has 7 heteroatoms. The average Bonchev–Trinajstić information content (AvgIpc) is 2.35. The van der Waals surface area contributed by atoms with E-state index in [0.29, 0.717) is 6.61 Å². The van der Waals surface area contributed by atoms with Gasteiger partial charge >= 0.3 is 12.1 Å². The van der Waals surface area contributed by atoms with Gasteiger partial charge in [0, 0.05) is 6.42 Å². The number of rotatable bonds is 3. The first-order valence-corrected chi connectivity index (χ1v) is 6.86. The standard InChI is InChI=1S/C14H23NO6/c1-9-7-20-8-10(6-11(16)12(17)19-5)15(9)13(18)21-14(2,3)4/h9-10H,6-8H2,1-5H3. The maximum Gasteiger partial charge on any atom is 0.410 e. The molecule has 1 aliphatic rings. The molecular formula is C14H23NO6. The molecule has 0 aromatic carbocycles. The Bertz CT molecular complexity index is 414. The van der Waals surface area contributed by atoms with E-state index in [9.17, 15) is 14.4 Å². The lowest BCUT2D eigenvalue weighted by Gasteiger charge is -2.40. The van der Waals surface area contributed by atoms with E-state index in [1.165, 1.54) is 4.90 Å². The summed E-state index contributed by atoms with van der Waals surface area (Å²) in [4.78, 5) is 36.7. The van der Waals surface area contributed by atoms with E-state index < -0.39 is 29.5 Å². The minimum absolute atomic E-state index is 0.143. The molecule has 1 heterocycles. The van der Waals surface area contributed by atoms with Gasteiger partial charge in [0.15, 0.2) is 0 Å². The van der Waals surface area contributed by atoms with E-state index in [1.807, 2.05) is 0 Å². The van der Waals surface area contributed by atoms with Gasteiger partial charge in [0.2, 0.25) is 5.78 Å². The highest BCUT2D eigenvalue weighted by Gasteiger charge is 2.37. The number of morpholine rings is 1. The van der Waals surface area contributed by atoms with Gasteiger partial charge in [-0.25, -0.2) is 9.59 Å². The molecule has 2 atom stereocenters. The Morgan fingerprint density at radius 3 is 2.38 bits per heavy atom. The van der Waals surface area contributed by atoms with Gasteiger partial charge < -0.3 is 14.2 Å². The number of ether oxygens (including phenoxy) is 3. The summed E-state index contributed by atoms with van der Waals surface area (Å²) >= 11 is 0. The molecule has 0 aromatic heterocycles. The fourth-order valence-electron chi connectivity index (χ4n) is 2.11. The van der Waals surface area contributed by atoms with Crippen LogP contribution in [-0.2, 0) is 23.8 Å². The van der Waals surface area contributed by atoms with Crippen LogP contribution in [0.25, 0.3) is 0 Å². The summed E-state index contributed by atoms with van der Waals surface area (Å²) in [6.07, 6.45) is -0.656. The van der Waals surface area contributed by atoms with Crippen LogP contribution in [-0.4, -0.2) is 60.8 Å². The van der Waals surface area contributed by atoms with Gasteiger partial charge in [-0.2, -0.15) is 0 Å². The number of ketones is 1. The van der Waals surface area contributed by atoms with E-state index in [1.54, 1.807) is 27.7 Å². The molecule has 120 valence electrons. The molecule has 7 nitrogen and oxygen atoms in total. The van der Waals surface area contributed by atoms with Crippen molar-refractivity contribution in [3.8, 4) is 0 Å². The Kier molecular flexibility index (Phi) is 5.71. The van der Waals surface area contributed by atoms with Crippen LogP contribution in [0.15, 0.2) is 0 Å². The smallest absolute Gasteiger partial charge is 0.410 e. The quantitative estimate of drug-likeness (QED) is 0.574. The lowest BCUT2D eigenvalue weighted by molar-refractivity contribution is -0.153. The number of amides is 1. The molecule has 0 spiro atoms. The second kappa shape index (κ2) is 6.89. The third kappa shape index (κ3) is 5.00. The predicted molar refractivity (Wildman–Crippen MR) is 73.8 cm³/mol. The SMILES string of the molecule is COC(=O)C(=O)CC1COCC(C)N1C(=O)OC(C)(C)C. The van der Waals surface area contributed by atoms with Gasteiger partial charge in [0.25, 0.3) is 0 Å². The molecule has 21 heavy (non-hydrogen) atoms. The number of esters is 1. The molecule has 0 aromatic rings. The van der Waals surface area contributed by atoms with Crippen molar-refractivity contribution in [1.29, 1.82) is 0 Å². The minimum Gasteiger partial charge on any atom is -0.463 e. The van der Waals surface area contributed by atoms with Crippen LogP contribution in [0, 0.1) is 0 Å². The Balaban J connectivity index is 2.81. The lowest BCUT2D eigenvalue weighted by Crippen LogP contribution is -2.55. The van der Waals surface area contributed by atoms with Crippen LogP contribution >= 0.6 is 0 Å². The number of carbonyl (C=O) groups excluding carboxylic acids is 3. The first kappa shape index (κ1) is 17.4. The number of nitrogens with zero attached hydrogens (tertiary/aromatic N) is 1. The monoisotopic (exact) mass is 301 g/mol. The van der Waals surface area contributed by atoms with E-state index in [4.69, 9.17) is 9.47 Å². The zero-order chi connectivity index (χ0) is 16.2. The van der Waals surface area contributed by atoms with Crippen molar-refractivity contribution >= 4 is 17.8 Å². The molecular weight excluding hydrogens is 278 g/mol. The summed E-state index contributed by atoms with van der Waals surface area (Å²) in [5.41, 5.74) is -0.633. The van der Waals surface area contributed by atoms with Gasteiger partial charge in [-0.1, -0.05) is 0 Å². The highest BCUT2D eigenvalue weighted by atomic mass is 16.6. The number of Topliss-reactive ketones (excluding diaryl/α,β-unsaturated/α-hetero) is 1. The lowest BCUT2D eigenvalue weighted by atomic mass is 10.1. The zero-order valence-corrected chi connectivity index (χ0v) is 13.2. The summed E-state index contributed by atoms with van der Waals surface area (Å²) < 4.78 is 15.1. The van der Waals surface area contributed by atoms with Crippen molar-refractivity contribution in [3.63, 3.8) is 0 Å². The molecule has 0 N–H and O–H groups in total. The third-order valence-electron chi connectivity index (χ3n) is 2.98. The maximum atomic E-state index is 12.3. The van der Waals surface area contributed by atoms with Crippen molar-refractivity contribution in [3.05, 3.63) is 0 Å². The average molecular weight is 301 g/mol. The fourth-order valence-corrected chi connectivity index (χ4v) is 2.11. The second-order valence-electron chi connectivity index (χ2n) is 6.05. The first-order chi connectivity index (χ1) is 9.65.